The maximum atomic E-state index is 10.5. The Bertz CT molecular complexity index is 147. The first-order valence-electron chi connectivity index (χ1n) is 2.85. The molecular weight excluding hydrogens is 173 g/mol. The monoisotopic (exact) mass is 181 g/mol. The minimum atomic E-state index is -0.496. The molecule has 4 heteroatoms. The van der Waals surface area contributed by atoms with Crippen LogP contribution >= 0.6 is 23.2 Å². The van der Waals surface area contributed by atoms with E-state index < -0.39 is 5.37 Å². The summed E-state index contributed by atoms with van der Waals surface area (Å²) in [4.78, 5) is 11.9. The molecule has 0 aliphatic carbocycles. The molecular formula is C6H9Cl2NO. The first kappa shape index (κ1) is 9.79. The van der Waals surface area contributed by atoms with Crippen molar-refractivity contribution in [2.75, 3.05) is 13.1 Å². The molecule has 0 aliphatic heterocycles. The van der Waals surface area contributed by atoms with Crippen molar-refractivity contribution in [2.45, 2.75) is 6.92 Å². The van der Waals surface area contributed by atoms with Gasteiger partial charge in [0.1, 0.15) is 0 Å². The van der Waals surface area contributed by atoms with E-state index in [2.05, 4.69) is 6.58 Å². The number of carbonyl (C=O) groups is 1. The standard InChI is InChI=1S/C6H9Cl2NO/c1-3-9(6(8)10)4-5(2)7/h2-4H2,1H3. The second-order valence-corrected chi connectivity index (χ2v) is 2.64. The molecule has 0 unspecified atom stereocenters. The lowest BCUT2D eigenvalue weighted by Gasteiger charge is -2.15. The van der Waals surface area contributed by atoms with Crippen LogP contribution in [0.4, 0.5) is 4.79 Å². The van der Waals surface area contributed by atoms with Gasteiger partial charge in [-0.15, -0.1) is 0 Å². The molecule has 0 heterocycles. The highest BCUT2D eigenvalue weighted by atomic mass is 35.5. The maximum Gasteiger partial charge on any atom is 0.316 e. The molecule has 0 aromatic rings. The quantitative estimate of drug-likeness (QED) is 0.484. The van der Waals surface area contributed by atoms with E-state index in [9.17, 15) is 4.79 Å². The van der Waals surface area contributed by atoms with Gasteiger partial charge in [0.15, 0.2) is 0 Å². The van der Waals surface area contributed by atoms with E-state index in [0.717, 1.165) is 0 Å². The molecule has 0 aliphatic rings. The van der Waals surface area contributed by atoms with Crippen molar-refractivity contribution in [1.29, 1.82) is 0 Å². The summed E-state index contributed by atoms with van der Waals surface area (Å²) < 4.78 is 0. The van der Waals surface area contributed by atoms with Crippen molar-refractivity contribution in [2.24, 2.45) is 0 Å². The van der Waals surface area contributed by atoms with Crippen LogP contribution in [-0.2, 0) is 0 Å². The summed E-state index contributed by atoms with van der Waals surface area (Å²) in [6.45, 7) is 6.13. The SMILES string of the molecule is C=C(Cl)CN(CC)C(=O)Cl. The topological polar surface area (TPSA) is 20.3 Å². The van der Waals surface area contributed by atoms with Crippen LogP contribution in [0.15, 0.2) is 11.6 Å². The third-order valence-corrected chi connectivity index (χ3v) is 1.35. The minimum Gasteiger partial charge on any atom is -0.324 e. The molecule has 2 nitrogen and oxygen atoms in total. The Labute approximate surface area is 70.4 Å². The van der Waals surface area contributed by atoms with Gasteiger partial charge in [0.25, 0.3) is 0 Å². The Hall–Kier alpha value is -0.210. The molecule has 0 fully saturated rings. The first-order valence-corrected chi connectivity index (χ1v) is 3.61. The Balaban J connectivity index is 3.83. The molecule has 10 heavy (non-hydrogen) atoms. The van der Waals surface area contributed by atoms with Crippen LogP contribution in [0, 0.1) is 0 Å². The van der Waals surface area contributed by atoms with Gasteiger partial charge in [-0.2, -0.15) is 0 Å². The smallest absolute Gasteiger partial charge is 0.316 e. The lowest BCUT2D eigenvalue weighted by atomic mass is 10.5. The lowest BCUT2D eigenvalue weighted by Crippen LogP contribution is -2.26. The fraction of sp³-hybridized carbons (Fsp3) is 0.500. The van der Waals surface area contributed by atoms with Gasteiger partial charge in [-0.1, -0.05) is 18.2 Å². The number of carbonyl (C=O) groups excluding carboxylic acids is 1. The maximum absolute atomic E-state index is 10.5. The molecule has 0 aromatic carbocycles. The number of hydrogen-bond acceptors (Lipinski definition) is 1. The molecule has 58 valence electrons. The molecule has 0 N–H and O–H groups in total. The highest BCUT2D eigenvalue weighted by Gasteiger charge is 2.07. The molecule has 0 bridgehead atoms. The van der Waals surface area contributed by atoms with Crippen LogP contribution in [0.25, 0.3) is 0 Å². The van der Waals surface area contributed by atoms with Crippen molar-refractivity contribution in [3.8, 4) is 0 Å². The number of halogens is 2. The van der Waals surface area contributed by atoms with E-state index in [1.54, 1.807) is 0 Å². The van der Waals surface area contributed by atoms with E-state index in [-0.39, 0.29) is 0 Å². The van der Waals surface area contributed by atoms with E-state index in [0.29, 0.717) is 18.1 Å². The predicted octanol–water partition coefficient (Wildman–Crippen LogP) is 2.42. The Kier molecular flexibility index (Phi) is 4.49. The Morgan fingerprint density at radius 3 is 2.20 bits per heavy atom. The fourth-order valence-electron chi connectivity index (χ4n) is 0.505. The van der Waals surface area contributed by atoms with Gasteiger partial charge >= 0.3 is 5.37 Å². The van der Waals surface area contributed by atoms with Crippen molar-refractivity contribution < 1.29 is 4.79 Å². The van der Waals surface area contributed by atoms with Gasteiger partial charge in [0.2, 0.25) is 0 Å². The first-order chi connectivity index (χ1) is 4.57. The van der Waals surface area contributed by atoms with E-state index in [4.69, 9.17) is 23.2 Å². The molecule has 0 rings (SSSR count). The van der Waals surface area contributed by atoms with Crippen molar-refractivity contribution in [1.82, 2.24) is 4.90 Å². The van der Waals surface area contributed by atoms with E-state index in [1.807, 2.05) is 6.92 Å². The molecule has 0 aromatic heterocycles. The van der Waals surface area contributed by atoms with Gasteiger partial charge in [-0.05, 0) is 18.5 Å². The van der Waals surface area contributed by atoms with Crippen LogP contribution < -0.4 is 0 Å². The summed E-state index contributed by atoms with van der Waals surface area (Å²) in [5.41, 5.74) is 0. The van der Waals surface area contributed by atoms with Crippen LogP contribution in [0.2, 0.25) is 0 Å². The van der Waals surface area contributed by atoms with Gasteiger partial charge < -0.3 is 4.90 Å². The number of rotatable bonds is 3. The lowest BCUT2D eigenvalue weighted by molar-refractivity contribution is 0.229. The molecule has 0 saturated carbocycles. The third-order valence-electron chi connectivity index (χ3n) is 0.993. The zero-order valence-electron chi connectivity index (χ0n) is 5.73. The summed E-state index contributed by atoms with van der Waals surface area (Å²) in [7, 11) is 0. The molecule has 1 amide bonds. The molecule has 0 atom stereocenters. The van der Waals surface area contributed by atoms with Crippen LogP contribution in [-0.4, -0.2) is 23.4 Å². The van der Waals surface area contributed by atoms with Crippen molar-refractivity contribution >= 4 is 28.6 Å². The average molecular weight is 182 g/mol. The molecule has 0 spiro atoms. The van der Waals surface area contributed by atoms with E-state index in [1.165, 1.54) is 4.90 Å². The van der Waals surface area contributed by atoms with Gasteiger partial charge in [-0.25, -0.2) is 0 Å². The second-order valence-electron chi connectivity index (χ2n) is 1.78. The van der Waals surface area contributed by atoms with Gasteiger partial charge in [0, 0.05) is 11.6 Å². The zero-order chi connectivity index (χ0) is 8.15. The number of amides is 1. The highest BCUT2D eigenvalue weighted by molar-refractivity contribution is 6.62. The second kappa shape index (κ2) is 4.58. The van der Waals surface area contributed by atoms with E-state index >= 15 is 0 Å². The average Bonchev–Trinajstić information content (AvgIpc) is 1.81. The van der Waals surface area contributed by atoms with Crippen LogP contribution in [0.1, 0.15) is 6.92 Å². The molecule has 0 radical (unpaired) electrons. The number of nitrogens with zero attached hydrogens (tertiary/aromatic N) is 1. The summed E-state index contributed by atoms with van der Waals surface area (Å²) >= 11 is 10.6. The van der Waals surface area contributed by atoms with Gasteiger partial charge in [-0.3, -0.25) is 4.79 Å². The van der Waals surface area contributed by atoms with Crippen LogP contribution in [0.3, 0.4) is 0 Å². The Morgan fingerprint density at radius 2 is 2.10 bits per heavy atom. The summed E-state index contributed by atoms with van der Waals surface area (Å²) in [5.74, 6) is 0. The summed E-state index contributed by atoms with van der Waals surface area (Å²) in [6.07, 6.45) is 0. The zero-order valence-corrected chi connectivity index (χ0v) is 7.24. The normalized spacial score (nSPS) is 9.10. The van der Waals surface area contributed by atoms with Crippen molar-refractivity contribution in [3.05, 3.63) is 11.6 Å². The largest absolute Gasteiger partial charge is 0.324 e. The third kappa shape index (κ3) is 3.75. The summed E-state index contributed by atoms with van der Waals surface area (Å²) in [6, 6.07) is 0. The fourth-order valence-corrected chi connectivity index (χ4v) is 0.829. The summed E-state index contributed by atoms with van der Waals surface area (Å²) in [5, 5.41) is -0.0832. The van der Waals surface area contributed by atoms with Crippen LogP contribution in [0.5, 0.6) is 0 Å². The van der Waals surface area contributed by atoms with Gasteiger partial charge in [0.05, 0.1) is 6.54 Å². The van der Waals surface area contributed by atoms with Crippen molar-refractivity contribution in [3.63, 3.8) is 0 Å². The molecule has 0 saturated heterocycles. The Morgan fingerprint density at radius 1 is 1.60 bits per heavy atom. The number of hydrogen-bond donors (Lipinski definition) is 0. The number of likely N-dealkylation sites (N-methyl/N-ethyl adjacent to an activating group) is 1. The minimum absolute atomic E-state index is 0.320. The predicted molar refractivity (Wildman–Crippen MR) is 43.5 cm³/mol. The highest BCUT2D eigenvalue weighted by Crippen LogP contribution is 2.03.